The maximum absolute atomic E-state index is 12.8. The maximum Gasteiger partial charge on any atom is 0.251 e. The summed E-state index contributed by atoms with van der Waals surface area (Å²) in [4.78, 5) is 23.9. The Morgan fingerprint density at radius 2 is 1.87 bits per heavy atom. The minimum atomic E-state index is -3.71. The number of sulfone groups is 1. The fourth-order valence-electron chi connectivity index (χ4n) is 4.09. The number of benzene rings is 1. The number of pyridine rings is 1. The third-order valence-electron chi connectivity index (χ3n) is 6.23. The lowest BCUT2D eigenvalue weighted by Gasteiger charge is -2.31. The Labute approximate surface area is 233 Å². The number of sulfonamides is 1. The average molecular weight is 599 g/mol. The molecule has 0 spiro atoms. The number of nitrogens with zero attached hydrogens (tertiary/aromatic N) is 3. The van der Waals surface area contributed by atoms with Crippen molar-refractivity contribution in [2.24, 2.45) is 5.14 Å². The van der Waals surface area contributed by atoms with Crippen LogP contribution in [0.2, 0.25) is 0 Å². The number of halogens is 1. The number of H-pyrrole nitrogens is 1. The molecular weight excluding hydrogens is 568 g/mol. The lowest BCUT2D eigenvalue weighted by Crippen LogP contribution is -2.41. The number of fused-ring (bicyclic) bond motifs is 1. The second-order valence-electron chi connectivity index (χ2n) is 9.12. The van der Waals surface area contributed by atoms with Gasteiger partial charge >= 0.3 is 0 Å². The van der Waals surface area contributed by atoms with Crippen LogP contribution in [0.3, 0.4) is 0 Å². The van der Waals surface area contributed by atoms with Gasteiger partial charge in [-0.3, -0.25) is 9.78 Å². The number of amides is 1. The number of nitrogens with two attached hydrogens (primary N) is 1. The van der Waals surface area contributed by atoms with E-state index >= 15 is 0 Å². The molecular formula is C24H31ClN6O6S2. The van der Waals surface area contributed by atoms with Crippen LogP contribution < -0.4 is 10.5 Å². The summed E-state index contributed by atoms with van der Waals surface area (Å²) in [6.07, 6.45) is 4.70. The monoisotopic (exact) mass is 598 g/mol. The molecule has 1 amide bonds. The predicted octanol–water partition coefficient (Wildman–Crippen LogP) is 0.910. The molecule has 212 valence electrons. The van der Waals surface area contributed by atoms with E-state index in [1.54, 1.807) is 12.1 Å². The van der Waals surface area contributed by atoms with Gasteiger partial charge in [0.2, 0.25) is 10.0 Å². The van der Waals surface area contributed by atoms with Gasteiger partial charge in [-0.15, -0.1) is 12.4 Å². The highest BCUT2D eigenvalue weighted by atomic mass is 35.5. The minimum absolute atomic E-state index is 0. The lowest BCUT2D eigenvalue weighted by molar-refractivity contribution is 0.0956. The van der Waals surface area contributed by atoms with E-state index in [0.29, 0.717) is 22.2 Å². The molecule has 0 unspecified atom stereocenters. The van der Waals surface area contributed by atoms with Crippen molar-refractivity contribution >= 4 is 49.1 Å². The highest BCUT2D eigenvalue weighted by Gasteiger charge is 2.19. The molecule has 3 heterocycles. The average Bonchev–Trinajstić information content (AvgIpc) is 3.19. The number of hydrogen-bond donors (Lipinski definition) is 4. The number of carbonyl (C=O) groups excluding carboxylic acids is 1. The molecule has 12 nitrogen and oxygen atoms in total. The van der Waals surface area contributed by atoms with Crippen molar-refractivity contribution < 1.29 is 26.7 Å². The lowest BCUT2D eigenvalue weighted by atomic mass is 10.1. The van der Waals surface area contributed by atoms with Gasteiger partial charge in [0.15, 0.2) is 15.7 Å². The summed E-state index contributed by atoms with van der Waals surface area (Å²) in [5, 5.41) is 18.5. The van der Waals surface area contributed by atoms with Gasteiger partial charge in [-0.25, -0.2) is 22.0 Å². The van der Waals surface area contributed by atoms with Crippen LogP contribution >= 0.6 is 12.4 Å². The molecule has 39 heavy (non-hydrogen) atoms. The standard InChI is InChI=1S/C24H30N6O6S2.ClH/c1-29-9-11-30(12-10-29)8-2-13-37(33,34)18-4-6-21(27-16-18)22-19-15-17(3-5-20(19)28-24(22)32)23(31)26-7-14-38(25,35)36;/h2-6,8,15-16,28,32H,7,9-14H2,1H3,(H,26,31)(H2,25,35,36);1H. The molecule has 0 radical (unpaired) electrons. The van der Waals surface area contributed by atoms with E-state index in [0.717, 1.165) is 26.2 Å². The summed E-state index contributed by atoms with van der Waals surface area (Å²) < 4.78 is 47.8. The number of primary sulfonamides is 1. The molecule has 0 bridgehead atoms. The van der Waals surface area contributed by atoms with Gasteiger partial charge in [-0.1, -0.05) is 6.08 Å². The molecule has 4 rings (SSSR count). The summed E-state index contributed by atoms with van der Waals surface area (Å²) >= 11 is 0. The van der Waals surface area contributed by atoms with Gasteiger partial charge < -0.3 is 25.2 Å². The van der Waals surface area contributed by atoms with Crippen molar-refractivity contribution in [3.63, 3.8) is 0 Å². The zero-order valence-electron chi connectivity index (χ0n) is 21.2. The van der Waals surface area contributed by atoms with Crippen LogP contribution in [0, 0.1) is 0 Å². The third-order valence-corrected chi connectivity index (χ3v) is 8.60. The second-order valence-corrected chi connectivity index (χ2v) is 12.9. The number of piperazine rings is 1. The van der Waals surface area contributed by atoms with E-state index in [9.17, 15) is 26.7 Å². The van der Waals surface area contributed by atoms with Crippen molar-refractivity contribution in [2.75, 3.05) is 51.3 Å². The fraction of sp³-hybridized carbons (Fsp3) is 0.333. The van der Waals surface area contributed by atoms with E-state index in [1.807, 2.05) is 6.20 Å². The largest absolute Gasteiger partial charge is 0.494 e. The van der Waals surface area contributed by atoms with E-state index in [1.165, 1.54) is 30.5 Å². The first-order valence-electron chi connectivity index (χ1n) is 11.8. The third kappa shape index (κ3) is 7.70. The van der Waals surface area contributed by atoms with Gasteiger partial charge in [-0.2, -0.15) is 0 Å². The number of aromatic hydroxyl groups is 1. The number of likely N-dealkylation sites (N-methyl/N-ethyl adjacent to an activating group) is 1. The predicted molar refractivity (Wildman–Crippen MR) is 151 cm³/mol. The van der Waals surface area contributed by atoms with Gasteiger partial charge in [-0.05, 0) is 43.6 Å². The van der Waals surface area contributed by atoms with Gasteiger partial charge in [0.25, 0.3) is 5.91 Å². The molecule has 1 aliphatic heterocycles. The first-order valence-corrected chi connectivity index (χ1v) is 15.2. The number of nitrogens with one attached hydrogen (secondary N) is 2. The molecule has 0 aliphatic carbocycles. The summed E-state index contributed by atoms with van der Waals surface area (Å²) in [5.41, 5.74) is 1.38. The quantitative estimate of drug-likeness (QED) is 0.278. The topological polar surface area (TPSA) is 179 Å². The van der Waals surface area contributed by atoms with Crippen LogP contribution in [0.15, 0.2) is 53.7 Å². The zero-order chi connectivity index (χ0) is 27.5. The van der Waals surface area contributed by atoms with E-state index < -0.39 is 31.5 Å². The Balaban J connectivity index is 0.00000420. The summed E-state index contributed by atoms with van der Waals surface area (Å²) in [6, 6.07) is 7.58. The Morgan fingerprint density at radius 3 is 2.51 bits per heavy atom. The highest BCUT2D eigenvalue weighted by Crippen LogP contribution is 2.36. The van der Waals surface area contributed by atoms with Gasteiger partial charge in [0, 0.05) is 55.4 Å². The Hall–Kier alpha value is -3.17. The molecule has 3 aromatic rings. The van der Waals surface area contributed by atoms with E-state index in [-0.39, 0.29) is 41.0 Å². The second kappa shape index (κ2) is 12.3. The molecule has 0 saturated carbocycles. The van der Waals surface area contributed by atoms with Crippen LogP contribution in [-0.4, -0.2) is 98.9 Å². The van der Waals surface area contributed by atoms with Crippen LogP contribution in [0.1, 0.15) is 10.4 Å². The maximum atomic E-state index is 12.8. The Bertz CT molecular complexity index is 1560. The summed E-state index contributed by atoms with van der Waals surface area (Å²) in [5.74, 6) is -1.27. The molecule has 1 aliphatic rings. The van der Waals surface area contributed by atoms with Crippen LogP contribution in [0.5, 0.6) is 5.88 Å². The Morgan fingerprint density at radius 1 is 1.15 bits per heavy atom. The van der Waals surface area contributed by atoms with Gasteiger partial charge in [0.05, 0.1) is 27.7 Å². The summed E-state index contributed by atoms with van der Waals surface area (Å²) in [7, 11) is -5.27. The van der Waals surface area contributed by atoms with Crippen LogP contribution in [0.4, 0.5) is 0 Å². The van der Waals surface area contributed by atoms with Gasteiger partial charge in [0.1, 0.15) is 0 Å². The molecule has 1 saturated heterocycles. The number of hydrogen-bond acceptors (Lipinski definition) is 9. The number of rotatable bonds is 9. The Kier molecular flexibility index (Phi) is 9.61. The molecule has 5 N–H and O–H groups in total. The molecule has 2 aromatic heterocycles. The normalized spacial score (nSPS) is 15.0. The van der Waals surface area contributed by atoms with Crippen molar-refractivity contribution in [3.05, 3.63) is 54.4 Å². The van der Waals surface area contributed by atoms with E-state index in [2.05, 4.69) is 32.1 Å². The van der Waals surface area contributed by atoms with Crippen molar-refractivity contribution in [1.82, 2.24) is 25.1 Å². The van der Waals surface area contributed by atoms with Crippen LogP contribution in [0.25, 0.3) is 22.2 Å². The first kappa shape index (κ1) is 30.4. The fourth-order valence-corrected chi connectivity index (χ4v) is 5.49. The van der Waals surface area contributed by atoms with E-state index in [4.69, 9.17) is 5.14 Å². The summed E-state index contributed by atoms with van der Waals surface area (Å²) in [6.45, 7) is 3.39. The number of aromatic nitrogens is 2. The molecule has 1 fully saturated rings. The number of carbonyl (C=O) groups is 1. The van der Waals surface area contributed by atoms with Crippen LogP contribution in [-0.2, 0) is 19.9 Å². The minimum Gasteiger partial charge on any atom is -0.494 e. The van der Waals surface area contributed by atoms with Crippen molar-refractivity contribution in [3.8, 4) is 17.1 Å². The number of aromatic amines is 1. The molecule has 1 aromatic carbocycles. The zero-order valence-corrected chi connectivity index (χ0v) is 23.7. The first-order chi connectivity index (χ1) is 17.9. The highest BCUT2D eigenvalue weighted by molar-refractivity contribution is 7.91. The molecule has 0 atom stereocenters. The smallest absolute Gasteiger partial charge is 0.251 e. The van der Waals surface area contributed by atoms with Crippen molar-refractivity contribution in [1.29, 1.82) is 0 Å². The molecule has 15 heteroatoms. The SMILES string of the molecule is CN1CCN(C=CCS(=O)(=O)c2ccc(-c3c(O)[nH]c4ccc(C(=O)NCCS(N)(=O)=O)cc34)nc2)CC1.Cl. The van der Waals surface area contributed by atoms with Crippen molar-refractivity contribution in [2.45, 2.75) is 4.90 Å².